The number of anilines is 1. The molecule has 1 aliphatic heterocycles. The summed E-state index contributed by atoms with van der Waals surface area (Å²) in [7, 11) is 0. The van der Waals surface area contributed by atoms with Crippen molar-refractivity contribution in [1.29, 1.82) is 0 Å². The van der Waals surface area contributed by atoms with Crippen LogP contribution in [0.2, 0.25) is 0 Å². The average Bonchev–Trinajstić information content (AvgIpc) is 2.45. The second kappa shape index (κ2) is 6.56. The number of nitro groups is 1. The highest BCUT2D eigenvalue weighted by atomic mass is 16.6. The first-order valence-electron chi connectivity index (χ1n) is 7.33. The molecule has 0 bridgehead atoms. The number of piperidine rings is 1. The lowest BCUT2D eigenvalue weighted by molar-refractivity contribution is -0.384. The summed E-state index contributed by atoms with van der Waals surface area (Å²) in [4.78, 5) is 24.6. The first-order chi connectivity index (χ1) is 10.0. The van der Waals surface area contributed by atoms with Crippen LogP contribution < -0.4 is 5.32 Å². The van der Waals surface area contributed by atoms with Crippen molar-refractivity contribution in [2.45, 2.75) is 33.2 Å². The number of likely N-dealkylation sites (tertiary alicyclic amines) is 1. The van der Waals surface area contributed by atoms with E-state index in [-0.39, 0.29) is 22.4 Å². The Balaban J connectivity index is 2.18. The zero-order chi connectivity index (χ0) is 15.4. The highest BCUT2D eigenvalue weighted by Gasteiger charge is 2.25. The van der Waals surface area contributed by atoms with Crippen molar-refractivity contribution in [1.82, 2.24) is 4.90 Å². The van der Waals surface area contributed by atoms with Gasteiger partial charge in [0.25, 0.3) is 5.69 Å². The number of nitrogens with zero attached hydrogens (tertiary/aromatic N) is 2. The smallest absolute Gasteiger partial charge is 0.292 e. The van der Waals surface area contributed by atoms with E-state index in [9.17, 15) is 14.9 Å². The molecule has 0 saturated carbocycles. The molecule has 1 atom stereocenters. The SMILES string of the molecule is CCNc1ccc(CN2CCCC(C)C2=O)cc1[N+](=O)[O-]. The van der Waals surface area contributed by atoms with Gasteiger partial charge < -0.3 is 10.2 Å². The van der Waals surface area contributed by atoms with Crippen LogP contribution in [0.3, 0.4) is 0 Å². The van der Waals surface area contributed by atoms with Gasteiger partial charge in [-0.3, -0.25) is 14.9 Å². The zero-order valence-corrected chi connectivity index (χ0v) is 12.5. The van der Waals surface area contributed by atoms with Crippen LogP contribution in [0.1, 0.15) is 32.3 Å². The van der Waals surface area contributed by atoms with E-state index in [0.717, 1.165) is 24.9 Å². The van der Waals surface area contributed by atoms with Gasteiger partial charge in [-0.05, 0) is 31.4 Å². The summed E-state index contributed by atoms with van der Waals surface area (Å²) < 4.78 is 0. The van der Waals surface area contributed by atoms with E-state index < -0.39 is 0 Å². The molecule has 1 aromatic carbocycles. The highest BCUT2D eigenvalue weighted by molar-refractivity contribution is 5.79. The molecular weight excluding hydrogens is 270 g/mol. The predicted octanol–water partition coefficient (Wildman–Crippen LogP) is 2.79. The van der Waals surface area contributed by atoms with Gasteiger partial charge in [0.2, 0.25) is 5.91 Å². The predicted molar refractivity (Wildman–Crippen MR) is 81.1 cm³/mol. The third-order valence-corrected chi connectivity index (χ3v) is 3.80. The molecule has 1 unspecified atom stereocenters. The Kier molecular flexibility index (Phi) is 4.77. The summed E-state index contributed by atoms with van der Waals surface area (Å²) in [5, 5.41) is 14.1. The normalized spacial score (nSPS) is 18.7. The van der Waals surface area contributed by atoms with Crippen molar-refractivity contribution in [2.24, 2.45) is 5.92 Å². The molecule has 1 aromatic rings. The van der Waals surface area contributed by atoms with Crippen molar-refractivity contribution in [2.75, 3.05) is 18.4 Å². The molecule has 6 heteroatoms. The fraction of sp³-hybridized carbons (Fsp3) is 0.533. The highest BCUT2D eigenvalue weighted by Crippen LogP contribution is 2.27. The minimum absolute atomic E-state index is 0.0507. The van der Waals surface area contributed by atoms with E-state index in [1.54, 1.807) is 17.0 Å². The lowest BCUT2D eigenvalue weighted by Gasteiger charge is -2.30. The number of hydrogen-bond donors (Lipinski definition) is 1. The Hall–Kier alpha value is -2.11. The van der Waals surface area contributed by atoms with Crippen LogP contribution in [-0.2, 0) is 11.3 Å². The number of rotatable bonds is 5. The minimum atomic E-state index is -0.387. The Labute approximate surface area is 124 Å². The summed E-state index contributed by atoms with van der Waals surface area (Å²) in [6.45, 7) is 5.63. The van der Waals surface area contributed by atoms with E-state index in [4.69, 9.17) is 0 Å². The number of nitro benzene ring substituents is 1. The van der Waals surface area contributed by atoms with Crippen molar-refractivity contribution in [3.8, 4) is 0 Å². The van der Waals surface area contributed by atoms with Crippen molar-refractivity contribution >= 4 is 17.3 Å². The van der Waals surface area contributed by atoms with Gasteiger partial charge in [-0.2, -0.15) is 0 Å². The van der Waals surface area contributed by atoms with Crippen LogP contribution >= 0.6 is 0 Å². The minimum Gasteiger partial charge on any atom is -0.380 e. The molecule has 0 aliphatic carbocycles. The van der Waals surface area contributed by atoms with Crippen LogP contribution in [0.5, 0.6) is 0 Å². The van der Waals surface area contributed by atoms with E-state index >= 15 is 0 Å². The third kappa shape index (κ3) is 3.51. The topological polar surface area (TPSA) is 75.5 Å². The lowest BCUT2D eigenvalue weighted by atomic mass is 9.98. The summed E-state index contributed by atoms with van der Waals surface area (Å²) >= 11 is 0. The fourth-order valence-electron chi connectivity index (χ4n) is 2.68. The maximum atomic E-state index is 12.1. The van der Waals surface area contributed by atoms with Crippen LogP contribution in [0.15, 0.2) is 18.2 Å². The molecule has 1 N–H and O–H groups in total. The van der Waals surface area contributed by atoms with Crippen molar-refractivity contribution in [3.05, 3.63) is 33.9 Å². The van der Waals surface area contributed by atoms with E-state index in [1.807, 2.05) is 19.9 Å². The molecule has 1 aliphatic rings. The molecule has 1 heterocycles. The molecule has 0 aromatic heterocycles. The van der Waals surface area contributed by atoms with Gasteiger partial charge in [-0.25, -0.2) is 0 Å². The molecule has 0 spiro atoms. The second-order valence-electron chi connectivity index (χ2n) is 5.44. The molecule has 114 valence electrons. The van der Waals surface area contributed by atoms with E-state index in [0.29, 0.717) is 18.8 Å². The van der Waals surface area contributed by atoms with Crippen molar-refractivity contribution < 1.29 is 9.72 Å². The quantitative estimate of drug-likeness (QED) is 0.668. The summed E-state index contributed by atoms with van der Waals surface area (Å²) in [5.74, 6) is 0.189. The second-order valence-corrected chi connectivity index (χ2v) is 5.44. The van der Waals surface area contributed by atoms with Crippen LogP contribution in [0.25, 0.3) is 0 Å². The maximum absolute atomic E-state index is 12.1. The first kappa shape index (κ1) is 15.3. The van der Waals surface area contributed by atoms with Gasteiger partial charge >= 0.3 is 0 Å². The van der Waals surface area contributed by atoms with E-state index in [1.165, 1.54) is 0 Å². The molecule has 21 heavy (non-hydrogen) atoms. The Bertz CT molecular complexity index is 545. The zero-order valence-electron chi connectivity index (χ0n) is 12.5. The molecule has 1 amide bonds. The van der Waals surface area contributed by atoms with Crippen LogP contribution in [0.4, 0.5) is 11.4 Å². The third-order valence-electron chi connectivity index (χ3n) is 3.80. The van der Waals surface area contributed by atoms with Gasteiger partial charge in [0.15, 0.2) is 0 Å². The van der Waals surface area contributed by atoms with Gasteiger partial charge in [-0.15, -0.1) is 0 Å². The standard InChI is InChI=1S/C15H21N3O3/c1-3-16-13-7-6-12(9-14(13)18(20)21)10-17-8-4-5-11(2)15(17)19/h6-7,9,11,16H,3-5,8,10H2,1-2H3. The summed E-state index contributed by atoms with van der Waals surface area (Å²) in [5.41, 5.74) is 1.38. The molecule has 0 radical (unpaired) electrons. The molecule has 6 nitrogen and oxygen atoms in total. The average molecular weight is 291 g/mol. The number of carbonyl (C=O) groups excluding carboxylic acids is 1. The summed E-state index contributed by atoms with van der Waals surface area (Å²) in [6.07, 6.45) is 1.92. The molecule has 2 rings (SSSR count). The van der Waals surface area contributed by atoms with Crippen molar-refractivity contribution in [3.63, 3.8) is 0 Å². The number of carbonyl (C=O) groups is 1. The largest absolute Gasteiger partial charge is 0.380 e. The number of nitrogens with one attached hydrogen (secondary N) is 1. The van der Waals surface area contributed by atoms with Gasteiger partial charge in [0.05, 0.1) is 4.92 Å². The first-order valence-corrected chi connectivity index (χ1v) is 7.33. The van der Waals surface area contributed by atoms with Crippen LogP contribution in [0, 0.1) is 16.0 Å². The number of benzene rings is 1. The Morgan fingerprint density at radius 1 is 1.48 bits per heavy atom. The number of amides is 1. The molecule has 1 saturated heterocycles. The monoisotopic (exact) mass is 291 g/mol. The summed E-state index contributed by atoms with van der Waals surface area (Å²) in [6, 6.07) is 5.12. The van der Waals surface area contributed by atoms with Gasteiger partial charge in [0, 0.05) is 31.6 Å². The number of hydrogen-bond acceptors (Lipinski definition) is 4. The van der Waals surface area contributed by atoms with Gasteiger partial charge in [-0.1, -0.05) is 13.0 Å². The molecular formula is C15H21N3O3. The Morgan fingerprint density at radius 2 is 2.24 bits per heavy atom. The van der Waals surface area contributed by atoms with Gasteiger partial charge in [0.1, 0.15) is 5.69 Å². The lowest BCUT2D eigenvalue weighted by Crippen LogP contribution is -2.39. The van der Waals surface area contributed by atoms with Crippen LogP contribution in [-0.4, -0.2) is 28.8 Å². The van der Waals surface area contributed by atoms with E-state index in [2.05, 4.69) is 5.32 Å². The maximum Gasteiger partial charge on any atom is 0.292 e. The fourth-order valence-corrected chi connectivity index (χ4v) is 2.68. The molecule has 1 fully saturated rings. The Morgan fingerprint density at radius 3 is 2.90 bits per heavy atom.